The highest BCUT2D eigenvalue weighted by Gasteiger charge is 2.22. The van der Waals surface area contributed by atoms with E-state index in [1.54, 1.807) is 6.26 Å². The molecule has 0 amide bonds. The third kappa shape index (κ3) is 5.09. The Balaban J connectivity index is 1.57. The predicted octanol–water partition coefficient (Wildman–Crippen LogP) is 2.18. The number of fused-ring (bicyclic) bond motifs is 1. The van der Waals surface area contributed by atoms with Gasteiger partial charge in [-0.05, 0) is 24.5 Å². The Morgan fingerprint density at radius 2 is 2.35 bits per heavy atom. The van der Waals surface area contributed by atoms with Gasteiger partial charge in [-0.15, -0.1) is 0 Å². The summed E-state index contributed by atoms with van der Waals surface area (Å²) in [6.45, 7) is 8.88. The van der Waals surface area contributed by atoms with Crippen molar-refractivity contribution in [2.24, 2.45) is 10.9 Å². The molecule has 0 aliphatic carbocycles. The van der Waals surface area contributed by atoms with Gasteiger partial charge in [-0.25, -0.2) is 9.67 Å². The maximum absolute atomic E-state index is 5.40. The lowest BCUT2D eigenvalue weighted by Gasteiger charge is -2.25. The average molecular weight is 358 g/mol. The summed E-state index contributed by atoms with van der Waals surface area (Å²) in [6.07, 6.45) is 5.43. The smallest absolute Gasteiger partial charge is 0.191 e. The molecule has 1 atom stereocenters. The molecule has 1 unspecified atom stereocenters. The van der Waals surface area contributed by atoms with Crippen molar-refractivity contribution in [3.05, 3.63) is 35.8 Å². The molecule has 7 heteroatoms. The van der Waals surface area contributed by atoms with E-state index in [9.17, 15) is 0 Å². The van der Waals surface area contributed by atoms with Crippen LogP contribution in [0.15, 0.2) is 27.8 Å². The minimum Gasteiger partial charge on any atom is -0.469 e. The maximum Gasteiger partial charge on any atom is 0.191 e. The molecule has 2 aromatic heterocycles. The van der Waals surface area contributed by atoms with Crippen molar-refractivity contribution in [3.63, 3.8) is 0 Å². The molecule has 3 rings (SSSR count). The number of aromatic nitrogens is 3. The summed E-state index contributed by atoms with van der Waals surface area (Å²) in [5, 5.41) is 11.6. The zero-order chi connectivity index (χ0) is 18.4. The Hall–Kier alpha value is -2.31. The largest absolute Gasteiger partial charge is 0.469 e. The average Bonchev–Trinajstić information content (AvgIpc) is 3.28. The number of guanidine groups is 1. The number of rotatable bonds is 7. The first-order valence-corrected chi connectivity index (χ1v) is 9.64. The van der Waals surface area contributed by atoms with Crippen LogP contribution in [0.4, 0.5) is 0 Å². The predicted molar refractivity (Wildman–Crippen MR) is 102 cm³/mol. The molecule has 142 valence electrons. The Morgan fingerprint density at radius 1 is 1.46 bits per heavy atom. The molecule has 2 N–H and O–H groups in total. The first-order valence-electron chi connectivity index (χ1n) is 9.64. The van der Waals surface area contributed by atoms with Crippen molar-refractivity contribution < 1.29 is 4.42 Å². The van der Waals surface area contributed by atoms with Gasteiger partial charge in [-0.3, -0.25) is 4.99 Å². The molecule has 2 aromatic rings. The van der Waals surface area contributed by atoms with E-state index in [2.05, 4.69) is 41.5 Å². The van der Waals surface area contributed by atoms with Gasteiger partial charge < -0.3 is 15.1 Å². The molecule has 0 fully saturated rings. The number of nitrogens with one attached hydrogen (secondary N) is 2. The lowest BCUT2D eigenvalue weighted by atomic mass is 10.1. The number of hydrogen-bond donors (Lipinski definition) is 2. The van der Waals surface area contributed by atoms with E-state index < -0.39 is 0 Å². The van der Waals surface area contributed by atoms with Gasteiger partial charge in [0.15, 0.2) is 11.8 Å². The number of nitrogens with zero attached hydrogens (tertiary/aromatic N) is 4. The minimum absolute atomic E-state index is 0.316. The van der Waals surface area contributed by atoms with Gasteiger partial charge in [0, 0.05) is 38.4 Å². The maximum atomic E-state index is 5.40. The lowest BCUT2D eigenvalue weighted by molar-refractivity contribution is 0.391. The van der Waals surface area contributed by atoms with Gasteiger partial charge in [-0.1, -0.05) is 20.8 Å². The Bertz CT molecular complexity index is 704. The third-order valence-corrected chi connectivity index (χ3v) is 4.42. The van der Waals surface area contributed by atoms with E-state index in [1.165, 1.54) is 0 Å². The van der Waals surface area contributed by atoms with Crippen LogP contribution in [0.5, 0.6) is 0 Å². The molecule has 0 saturated carbocycles. The minimum atomic E-state index is 0.316. The van der Waals surface area contributed by atoms with Gasteiger partial charge in [0.1, 0.15) is 11.6 Å². The molecule has 0 radical (unpaired) electrons. The van der Waals surface area contributed by atoms with Crippen LogP contribution in [0, 0.1) is 5.92 Å². The van der Waals surface area contributed by atoms with Crippen LogP contribution in [0.1, 0.15) is 44.6 Å². The zero-order valence-electron chi connectivity index (χ0n) is 16.0. The first kappa shape index (κ1) is 18.5. The van der Waals surface area contributed by atoms with E-state index >= 15 is 0 Å². The normalized spacial score (nSPS) is 17.4. The highest BCUT2D eigenvalue weighted by atomic mass is 16.3. The summed E-state index contributed by atoms with van der Waals surface area (Å²) < 4.78 is 7.44. The second kappa shape index (κ2) is 8.87. The highest BCUT2D eigenvalue weighted by Crippen LogP contribution is 2.13. The van der Waals surface area contributed by atoms with Crippen molar-refractivity contribution in [1.82, 2.24) is 25.4 Å². The van der Waals surface area contributed by atoms with E-state index in [0.29, 0.717) is 12.0 Å². The van der Waals surface area contributed by atoms with E-state index in [1.807, 2.05) is 16.8 Å². The van der Waals surface area contributed by atoms with Gasteiger partial charge in [0.2, 0.25) is 0 Å². The number of hydrogen-bond acceptors (Lipinski definition) is 4. The molecule has 1 aliphatic heterocycles. The number of aliphatic imine (C=N–C) groups is 1. The van der Waals surface area contributed by atoms with Crippen molar-refractivity contribution in [2.45, 2.75) is 59.0 Å². The van der Waals surface area contributed by atoms with Crippen LogP contribution < -0.4 is 10.6 Å². The van der Waals surface area contributed by atoms with Gasteiger partial charge in [0.25, 0.3) is 0 Å². The first-order chi connectivity index (χ1) is 12.6. The molecule has 0 spiro atoms. The van der Waals surface area contributed by atoms with Crippen LogP contribution in [0.3, 0.4) is 0 Å². The van der Waals surface area contributed by atoms with E-state index in [0.717, 1.165) is 68.7 Å². The molecule has 0 aromatic carbocycles. The van der Waals surface area contributed by atoms with Crippen LogP contribution in [-0.2, 0) is 25.8 Å². The molecule has 26 heavy (non-hydrogen) atoms. The standard InChI is InChI=1S/C19H30N6O/c1-4-17-23-18-8-7-15(13-25(18)24-17)22-19(21-12-14(2)3)20-10-9-16-6-5-11-26-16/h5-6,11,14-15H,4,7-10,12-13H2,1-3H3,(H2,20,21,22). The Morgan fingerprint density at radius 3 is 3.08 bits per heavy atom. The lowest BCUT2D eigenvalue weighted by Crippen LogP contribution is -2.47. The molecule has 3 heterocycles. The highest BCUT2D eigenvalue weighted by molar-refractivity contribution is 5.80. The second-order valence-electron chi connectivity index (χ2n) is 7.20. The van der Waals surface area contributed by atoms with Crippen molar-refractivity contribution >= 4 is 5.96 Å². The SMILES string of the molecule is CCc1nc2n(n1)CC(NC(=NCC(C)C)NCCc1ccco1)CC2. The van der Waals surface area contributed by atoms with Crippen molar-refractivity contribution in [2.75, 3.05) is 13.1 Å². The molecular formula is C19H30N6O. The summed E-state index contributed by atoms with van der Waals surface area (Å²) in [6, 6.07) is 4.23. The topological polar surface area (TPSA) is 80.3 Å². The zero-order valence-corrected chi connectivity index (χ0v) is 16.0. The van der Waals surface area contributed by atoms with Crippen molar-refractivity contribution in [3.8, 4) is 0 Å². The number of aryl methyl sites for hydroxylation is 2. The van der Waals surface area contributed by atoms with Gasteiger partial charge in [-0.2, -0.15) is 5.10 Å². The molecule has 7 nitrogen and oxygen atoms in total. The summed E-state index contributed by atoms with van der Waals surface area (Å²) in [5.41, 5.74) is 0. The molecule has 0 bridgehead atoms. The van der Waals surface area contributed by atoms with Crippen LogP contribution >= 0.6 is 0 Å². The van der Waals surface area contributed by atoms with Crippen LogP contribution in [0.25, 0.3) is 0 Å². The fraction of sp³-hybridized carbons (Fsp3) is 0.632. The monoisotopic (exact) mass is 358 g/mol. The van der Waals surface area contributed by atoms with Gasteiger partial charge >= 0.3 is 0 Å². The van der Waals surface area contributed by atoms with E-state index in [4.69, 9.17) is 9.41 Å². The molecule has 0 saturated heterocycles. The number of furan rings is 1. The summed E-state index contributed by atoms with van der Waals surface area (Å²) in [4.78, 5) is 9.32. The molecule has 1 aliphatic rings. The second-order valence-corrected chi connectivity index (χ2v) is 7.20. The van der Waals surface area contributed by atoms with Crippen LogP contribution in [0.2, 0.25) is 0 Å². The van der Waals surface area contributed by atoms with E-state index in [-0.39, 0.29) is 0 Å². The fourth-order valence-corrected chi connectivity index (χ4v) is 3.01. The Kier molecular flexibility index (Phi) is 6.30. The quantitative estimate of drug-likeness (QED) is 0.586. The Labute approximate surface area is 155 Å². The summed E-state index contributed by atoms with van der Waals surface area (Å²) in [5.74, 6) is 4.42. The molecular weight excluding hydrogens is 328 g/mol. The fourth-order valence-electron chi connectivity index (χ4n) is 3.01. The van der Waals surface area contributed by atoms with Crippen molar-refractivity contribution in [1.29, 1.82) is 0 Å². The summed E-state index contributed by atoms with van der Waals surface area (Å²) >= 11 is 0. The third-order valence-electron chi connectivity index (χ3n) is 4.42. The van der Waals surface area contributed by atoms with Gasteiger partial charge in [0.05, 0.1) is 12.8 Å². The van der Waals surface area contributed by atoms with Crippen LogP contribution in [-0.4, -0.2) is 39.9 Å². The summed E-state index contributed by atoms with van der Waals surface area (Å²) in [7, 11) is 0.